The normalized spacial score (nSPS) is 22.9. The molecule has 0 saturated heterocycles. The van der Waals surface area contributed by atoms with Crippen LogP contribution in [0, 0.1) is 16.2 Å². The van der Waals surface area contributed by atoms with Gasteiger partial charge < -0.3 is 42.6 Å². The Labute approximate surface area is 314 Å². The molecule has 288 valence electrons. The summed E-state index contributed by atoms with van der Waals surface area (Å²) < 4.78 is 55.0. The number of hydrogen-bond donors (Lipinski definition) is 0. The van der Waals surface area contributed by atoms with E-state index in [-0.39, 0.29) is 19.8 Å². The summed E-state index contributed by atoms with van der Waals surface area (Å²) in [6.07, 6.45) is 0. The number of fused-ring (bicyclic) bond motifs is 9. The first-order chi connectivity index (χ1) is 25.2. The standard InChI is InChI=1S/C42H48O12/c1-13-46-34(43)37(4,5)40(10)49-28-16-22-23(17-29(28)50-40)25-19-31-33(54-42(12,52-31)39(8,9)36(45)48-15-3)21-27(25)26-20-32-30(18-24(22)26)51-41(11,53-32)38(6,7)35(44)47-14-2/h16-21H,13-15H2,1-12H3. The maximum absolute atomic E-state index is 13.1. The van der Waals surface area contributed by atoms with Crippen molar-refractivity contribution in [2.75, 3.05) is 19.8 Å². The molecule has 3 heterocycles. The Morgan fingerprint density at radius 1 is 0.426 bits per heavy atom. The van der Waals surface area contributed by atoms with Crippen molar-refractivity contribution in [3.05, 3.63) is 36.4 Å². The van der Waals surface area contributed by atoms with Crippen LogP contribution >= 0.6 is 0 Å². The molecule has 0 spiro atoms. The molecule has 12 nitrogen and oxygen atoms in total. The van der Waals surface area contributed by atoms with Crippen LogP contribution in [0.4, 0.5) is 0 Å². The van der Waals surface area contributed by atoms with E-state index in [2.05, 4.69) is 0 Å². The minimum atomic E-state index is -1.39. The molecule has 0 atom stereocenters. The average Bonchev–Trinajstić information content (AvgIpc) is 3.75. The van der Waals surface area contributed by atoms with Crippen molar-refractivity contribution >= 4 is 50.2 Å². The average molecular weight is 745 g/mol. The van der Waals surface area contributed by atoms with Crippen LogP contribution in [0.1, 0.15) is 83.1 Å². The lowest BCUT2D eigenvalue weighted by Crippen LogP contribution is -2.54. The van der Waals surface area contributed by atoms with E-state index in [1.165, 1.54) is 0 Å². The quantitative estimate of drug-likeness (QED) is 0.0926. The fraction of sp³-hybridized carbons (Fsp3) is 0.500. The molecule has 54 heavy (non-hydrogen) atoms. The number of esters is 3. The second-order valence-electron chi connectivity index (χ2n) is 16.0. The lowest BCUT2D eigenvalue weighted by atomic mass is 9.84. The first kappa shape index (κ1) is 37.2. The SMILES string of the molecule is CCOC(=O)C(C)(C)C1(C)Oc2cc3c4cc5c(cc4c4cc6c(cc4c3cc2O1)OC(C)(C(C)(C)C(=O)OCC)O6)OC(C)(C(C)(C)C(=O)OCC)O5. The van der Waals surface area contributed by atoms with Gasteiger partial charge in [0.05, 0.1) is 19.8 Å². The lowest BCUT2D eigenvalue weighted by molar-refractivity contribution is -0.192. The molecule has 0 N–H and O–H groups in total. The summed E-state index contributed by atoms with van der Waals surface area (Å²) in [5, 5.41) is 4.73. The van der Waals surface area contributed by atoms with Gasteiger partial charge in [-0.2, -0.15) is 0 Å². The van der Waals surface area contributed by atoms with Crippen LogP contribution in [-0.4, -0.2) is 55.1 Å². The number of hydrogen-bond acceptors (Lipinski definition) is 12. The highest BCUT2D eigenvalue weighted by Gasteiger charge is 2.58. The molecular weight excluding hydrogens is 696 g/mol. The summed E-state index contributed by atoms with van der Waals surface area (Å²) >= 11 is 0. The van der Waals surface area contributed by atoms with Gasteiger partial charge in [0.2, 0.25) is 0 Å². The molecule has 0 amide bonds. The number of carbonyl (C=O) groups excluding carboxylic acids is 3. The molecule has 0 unspecified atom stereocenters. The van der Waals surface area contributed by atoms with E-state index in [4.69, 9.17) is 42.6 Å². The zero-order chi connectivity index (χ0) is 39.4. The Morgan fingerprint density at radius 3 is 0.741 bits per heavy atom. The summed E-state index contributed by atoms with van der Waals surface area (Å²) in [4.78, 5) is 39.4. The summed E-state index contributed by atoms with van der Waals surface area (Å²) in [5.41, 5.74) is -3.53. The molecule has 0 fully saturated rings. The van der Waals surface area contributed by atoms with Crippen molar-refractivity contribution in [2.24, 2.45) is 16.2 Å². The molecule has 3 aliphatic rings. The minimum absolute atomic E-state index is 0.214. The number of benzene rings is 4. The second kappa shape index (κ2) is 11.9. The number of rotatable bonds is 9. The van der Waals surface area contributed by atoms with E-state index in [1.54, 1.807) is 83.1 Å². The molecule has 0 aromatic heterocycles. The van der Waals surface area contributed by atoms with Gasteiger partial charge in [-0.25, -0.2) is 0 Å². The van der Waals surface area contributed by atoms with Crippen molar-refractivity contribution in [3.8, 4) is 34.5 Å². The molecule has 4 aromatic rings. The molecule has 0 aliphatic carbocycles. The number of ether oxygens (including phenoxy) is 9. The van der Waals surface area contributed by atoms with Crippen molar-refractivity contribution in [2.45, 2.75) is 100 Å². The molecule has 4 aromatic carbocycles. The Morgan fingerprint density at radius 2 is 0.593 bits per heavy atom. The molecule has 3 aliphatic heterocycles. The van der Waals surface area contributed by atoms with Crippen LogP contribution in [-0.2, 0) is 28.6 Å². The van der Waals surface area contributed by atoms with Gasteiger partial charge in [-0.3, -0.25) is 14.4 Å². The fourth-order valence-corrected chi connectivity index (χ4v) is 7.07. The van der Waals surface area contributed by atoms with Crippen LogP contribution < -0.4 is 28.4 Å². The van der Waals surface area contributed by atoms with Crippen molar-refractivity contribution in [3.63, 3.8) is 0 Å². The van der Waals surface area contributed by atoms with Gasteiger partial charge in [0, 0.05) is 20.8 Å². The largest absolute Gasteiger partial charge is 0.465 e. The van der Waals surface area contributed by atoms with Gasteiger partial charge in [-0.05, 0) is 131 Å². The summed E-state index contributed by atoms with van der Waals surface area (Å²) in [6, 6.07) is 11.3. The third kappa shape index (κ3) is 5.11. The Kier molecular flexibility index (Phi) is 8.22. The number of carbonyl (C=O) groups is 3. The first-order valence-corrected chi connectivity index (χ1v) is 18.4. The van der Waals surface area contributed by atoms with E-state index >= 15 is 0 Å². The van der Waals surface area contributed by atoms with E-state index in [0.717, 1.165) is 32.3 Å². The smallest absolute Gasteiger partial charge is 0.319 e. The van der Waals surface area contributed by atoms with Crippen molar-refractivity contribution in [1.29, 1.82) is 0 Å². The van der Waals surface area contributed by atoms with Crippen molar-refractivity contribution < 1.29 is 57.0 Å². The van der Waals surface area contributed by atoms with E-state index in [0.29, 0.717) is 34.5 Å². The first-order valence-electron chi connectivity index (χ1n) is 18.4. The maximum atomic E-state index is 13.1. The van der Waals surface area contributed by atoms with Gasteiger partial charge in [0.25, 0.3) is 17.4 Å². The molecular formula is C42H48O12. The molecule has 0 radical (unpaired) electrons. The van der Waals surface area contributed by atoms with Gasteiger partial charge in [0.15, 0.2) is 34.5 Å². The van der Waals surface area contributed by atoms with Gasteiger partial charge in [0.1, 0.15) is 16.2 Å². The maximum Gasteiger partial charge on any atom is 0.319 e. The molecule has 7 rings (SSSR count). The van der Waals surface area contributed by atoms with E-state index < -0.39 is 51.5 Å². The Bertz CT molecular complexity index is 1880. The molecule has 12 heteroatoms. The van der Waals surface area contributed by atoms with Crippen LogP contribution in [0.3, 0.4) is 0 Å². The summed E-state index contributed by atoms with van der Waals surface area (Å²) in [6.45, 7) is 21.4. The highest BCUT2D eigenvalue weighted by atomic mass is 16.8. The highest BCUT2D eigenvalue weighted by Crippen LogP contribution is 2.56. The monoisotopic (exact) mass is 744 g/mol. The fourth-order valence-electron chi connectivity index (χ4n) is 7.07. The lowest BCUT2D eigenvalue weighted by Gasteiger charge is -2.36. The van der Waals surface area contributed by atoms with Gasteiger partial charge >= 0.3 is 17.9 Å². The Balaban J connectivity index is 1.44. The van der Waals surface area contributed by atoms with Crippen LogP contribution in [0.2, 0.25) is 0 Å². The highest BCUT2D eigenvalue weighted by molar-refractivity contribution is 6.27. The molecule has 0 saturated carbocycles. The predicted molar refractivity (Wildman–Crippen MR) is 199 cm³/mol. The third-order valence-electron chi connectivity index (χ3n) is 11.7. The predicted octanol–water partition coefficient (Wildman–Crippen LogP) is 8.38. The zero-order valence-corrected chi connectivity index (χ0v) is 33.0. The van der Waals surface area contributed by atoms with E-state index in [1.807, 2.05) is 36.4 Å². The van der Waals surface area contributed by atoms with Gasteiger partial charge in [-0.1, -0.05) is 0 Å². The minimum Gasteiger partial charge on any atom is -0.465 e. The van der Waals surface area contributed by atoms with Crippen LogP contribution in [0.5, 0.6) is 34.5 Å². The van der Waals surface area contributed by atoms with Crippen molar-refractivity contribution in [1.82, 2.24) is 0 Å². The van der Waals surface area contributed by atoms with E-state index in [9.17, 15) is 14.4 Å². The zero-order valence-electron chi connectivity index (χ0n) is 33.0. The molecule has 0 bridgehead atoms. The summed E-state index contributed by atoms with van der Waals surface area (Å²) in [7, 11) is 0. The van der Waals surface area contributed by atoms with Gasteiger partial charge in [-0.15, -0.1) is 0 Å². The van der Waals surface area contributed by atoms with Crippen LogP contribution in [0.15, 0.2) is 36.4 Å². The second-order valence-corrected chi connectivity index (χ2v) is 16.0. The third-order valence-corrected chi connectivity index (χ3v) is 11.7. The topological polar surface area (TPSA) is 134 Å². The Hall–Kier alpha value is -5.13. The van der Waals surface area contributed by atoms with Crippen LogP contribution in [0.25, 0.3) is 32.3 Å². The summed E-state index contributed by atoms with van der Waals surface area (Å²) in [5.74, 6) is -2.87.